The highest BCUT2D eigenvalue weighted by molar-refractivity contribution is 5.29. The highest BCUT2D eigenvalue weighted by atomic mass is 14.4. The number of hydrogen-bond donors (Lipinski definition) is 0. The van der Waals surface area contributed by atoms with Crippen LogP contribution in [-0.4, -0.2) is 0 Å². The summed E-state index contributed by atoms with van der Waals surface area (Å²) in [6.45, 7) is 32.4. The fourth-order valence-electron chi connectivity index (χ4n) is 11.2. The molecule has 0 spiro atoms. The molecule has 0 saturated carbocycles. The number of hydrogen-bond acceptors (Lipinski definition) is 0. The van der Waals surface area contributed by atoms with Gasteiger partial charge in [-0.2, -0.15) is 0 Å². The molecule has 0 aromatic rings. The van der Waals surface area contributed by atoms with Crippen LogP contribution in [0.4, 0.5) is 0 Å². The van der Waals surface area contributed by atoms with Crippen LogP contribution in [0.5, 0.6) is 0 Å². The molecule has 0 bridgehead atoms. The maximum atomic E-state index is 4.09. The molecule has 2 unspecified atom stereocenters. The van der Waals surface area contributed by atoms with Gasteiger partial charge in [0.15, 0.2) is 0 Å². The number of allylic oxidation sites excluding steroid dienone is 11. The van der Waals surface area contributed by atoms with Crippen molar-refractivity contribution in [3.63, 3.8) is 0 Å². The summed E-state index contributed by atoms with van der Waals surface area (Å²) < 4.78 is 0. The van der Waals surface area contributed by atoms with Crippen LogP contribution < -0.4 is 0 Å². The lowest BCUT2D eigenvalue weighted by atomic mass is 9.67. The van der Waals surface area contributed by atoms with Crippen molar-refractivity contribution in [2.24, 2.45) is 16.7 Å². The Hall–Kier alpha value is -2.08. The zero-order chi connectivity index (χ0) is 50.8. The summed E-state index contributed by atoms with van der Waals surface area (Å²) >= 11 is 0. The third kappa shape index (κ3) is 39.2. The number of unbranched alkanes of at least 4 members (excludes halogenated alkanes) is 26. The Bertz CT molecular complexity index is 1260. The Morgan fingerprint density at radius 2 is 0.812 bits per heavy atom. The van der Waals surface area contributed by atoms with Gasteiger partial charge >= 0.3 is 0 Å². The van der Waals surface area contributed by atoms with Gasteiger partial charge in [0.1, 0.15) is 0 Å². The van der Waals surface area contributed by atoms with E-state index in [1.807, 2.05) is 11.1 Å². The summed E-state index contributed by atoms with van der Waals surface area (Å²) in [7, 11) is 0. The van der Waals surface area contributed by atoms with Gasteiger partial charge in [-0.15, -0.1) is 32.9 Å². The van der Waals surface area contributed by atoms with Crippen molar-refractivity contribution in [1.82, 2.24) is 0 Å². The van der Waals surface area contributed by atoms with Crippen molar-refractivity contribution in [2.75, 3.05) is 0 Å². The Kier molecular flexibility index (Phi) is 48.0. The predicted molar refractivity (Wildman–Crippen MR) is 320 cm³/mol. The lowest BCUT2D eigenvalue weighted by Crippen LogP contribution is -2.24. The van der Waals surface area contributed by atoms with Crippen LogP contribution in [0.15, 0.2) is 98.2 Å². The molecule has 0 nitrogen and oxygen atoms in total. The van der Waals surface area contributed by atoms with Gasteiger partial charge < -0.3 is 0 Å². The highest BCUT2D eigenvalue weighted by Gasteiger charge is 2.33. The molecule has 0 fully saturated rings. The van der Waals surface area contributed by atoms with Crippen molar-refractivity contribution >= 4 is 0 Å². The summed E-state index contributed by atoms with van der Waals surface area (Å²) in [6, 6.07) is 0. The topological polar surface area (TPSA) is 0 Å². The van der Waals surface area contributed by atoms with Gasteiger partial charge in [0.25, 0.3) is 0 Å². The van der Waals surface area contributed by atoms with Crippen LogP contribution in [0.3, 0.4) is 0 Å². The van der Waals surface area contributed by atoms with Gasteiger partial charge in [0, 0.05) is 5.41 Å². The molecular formula is C69H124. The molecule has 0 aliphatic rings. The average molecular weight is 954 g/mol. The van der Waals surface area contributed by atoms with E-state index in [1.165, 1.54) is 270 Å². The Balaban J connectivity index is 6.98. The first-order valence-corrected chi connectivity index (χ1v) is 30.9. The van der Waals surface area contributed by atoms with Crippen LogP contribution in [0, 0.1) is 16.7 Å². The summed E-state index contributed by atoms with van der Waals surface area (Å²) in [6.07, 6.45) is 78.2. The fourth-order valence-corrected chi connectivity index (χ4v) is 11.2. The van der Waals surface area contributed by atoms with E-state index in [0.29, 0.717) is 11.3 Å². The molecule has 0 N–H and O–H groups in total. The fraction of sp³-hybridized carbons (Fsp3) is 0.768. The lowest BCUT2D eigenvalue weighted by molar-refractivity contribution is 0.315. The van der Waals surface area contributed by atoms with Gasteiger partial charge in [-0.3, -0.25) is 0 Å². The monoisotopic (exact) mass is 953 g/mol. The molecule has 0 aliphatic heterocycles. The van der Waals surface area contributed by atoms with Gasteiger partial charge in [-0.25, -0.2) is 0 Å². The SMILES string of the molecule is C=CCCCCCCCCCC(=CC(CC)CCCC(C=CCC(C)(C)CCCCC)(CCC)C(CCCCCC=C)=C(CCCCCCC=C)CCCCCCC=C)CCCCCCCCC=C. The number of rotatable bonds is 55. The molecular weight excluding hydrogens is 829 g/mol. The van der Waals surface area contributed by atoms with Crippen LogP contribution in [0.1, 0.15) is 324 Å². The molecule has 0 aliphatic carbocycles. The second-order valence-electron chi connectivity index (χ2n) is 22.7. The van der Waals surface area contributed by atoms with Crippen LogP contribution in [0.2, 0.25) is 0 Å². The molecule has 0 radical (unpaired) electrons. The van der Waals surface area contributed by atoms with E-state index >= 15 is 0 Å². The maximum Gasteiger partial charge on any atom is 0.00933 e. The minimum atomic E-state index is 0.163. The molecule has 0 aromatic carbocycles. The molecule has 0 heteroatoms. The van der Waals surface area contributed by atoms with Gasteiger partial charge in [0.05, 0.1) is 0 Å². The maximum absolute atomic E-state index is 4.09. The molecule has 0 rings (SSSR count). The first-order valence-electron chi connectivity index (χ1n) is 30.9. The van der Waals surface area contributed by atoms with Gasteiger partial charge in [0.2, 0.25) is 0 Å². The summed E-state index contributed by atoms with van der Waals surface area (Å²) in [5, 5.41) is 0. The van der Waals surface area contributed by atoms with Crippen LogP contribution >= 0.6 is 0 Å². The largest absolute Gasteiger partial charge is 0.103 e. The third-order valence-electron chi connectivity index (χ3n) is 15.7. The van der Waals surface area contributed by atoms with E-state index in [0.717, 1.165) is 19.3 Å². The van der Waals surface area contributed by atoms with E-state index in [1.54, 1.807) is 5.57 Å². The van der Waals surface area contributed by atoms with Crippen molar-refractivity contribution < 1.29 is 0 Å². The quantitative estimate of drug-likeness (QED) is 0.0421. The van der Waals surface area contributed by atoms with Crippen LogP contribution in [0.25, 0.3) is 0 Å². The normalized spacial score (nSPS) is 13.4. The minimum Gasteiger partial charge on any atom is -0.103 e. The van der Waals surface area contributed by atoms with Crippen molar-refractivity contribution in [3.8, 4) is 0 Å². The molecule has 69 heavy (non-hydrogen) atoms. The Morgan fingerprint density at radius 3 is 1.23 bits per heavy atom. The zero-order valence-electron chi connectivity index (χ0n) is 48.1. The lowest BCUT2D eigenvalue weighted by Gasteiger charge is -2.38. The highest BCUT2D eigenvalue weighted by Crippen LogP contribution is 2.47. The Morgan fingerprint density at radius 1 is 0.406 bits per heavy atom. The third-order valence-corrected chi connectivity index (χ3v) is 15.7. The standard InChI is InChI=1S/C69H124/c1-11-19-25-30-34-36-38-41-45-53-65(52-44-40-37-35-31-26-20-12-2)63-64(18-8)54-50-61-69(58-17-7,62-51-60-68(9,10)59-49-24-16-6)67(57-48-39-29-23-15-5)66(55-46-42-32-27-21-13-3)56-47-43-33-28-22-14-4/h11-15,51,62-64H,1-5,16-50,52-61H2,6-10H3. The van der Waals surface area contributed by atoms with Crippen molar-refractivity contribution in [1.29, 1.82) is 0 Å². The molecule has 0 aromatic heterocycles. The second-order valence-corrected chi connectivity index (χ2v) is 22.7. The summed E-state index contributed by atoms with van der Waals surface area (Å²) in [5.74, 6) is 0.696. The second kappa shape index (κ2) is 49.5. The molecule has 0 heterocycles. The summed E-state index contributed by atoms with van der Waals surface area (Å²) in [4.78, 5) is 0. The van der Waals surface area contributed by atoms with E-state index in [2.05, 4.69) is 116 Å². The zero-order valence-corrected chi connectivity index (χ0v) is 48.1. The average Bonchev–Trinajstić information content (AvgIpc) is 3.34. The van der Waals surface area contributed by atoms with Gasteiger partial charge in [-0.05, 0) is 178 Å². The predicted octanol–water partition coefficient (Wildman–Crippen LogP) is 24.9. The first kappa shape index (κ1) is 66.9. The first-order chi connectivity index (χ1) is 33.7. The van der Waals surface area contributed by atoms with E-state index in [-0.39, 0.29) is 5.41 Å². The summed E-state index contributed by atoms with van der Waals surface area (Å²) in [5.41, 5.74) is 6.08. The van der Waals surface area contributed by atoms with Crippen molar-refractivity contribution in [3.05, 3.63) is 98.2 Å². The minimum absolute atomic E-state index is 0.163. The smallest absolute Gasteiger partial charge is 0.00933 e. The molecule has 0 saturated heterocycles. The van der Waals surface area contributed by atoms with Gasteiger partial charge in [-0.1, -0.05) is 222 Å². The molecule has 0 amide bonds. The molecule has 400 valence electrons. The van der Waals surface area contributed by atoms with Crippen LogP contribution in [-0.2, 0) is 0 Å². The van der Waals surface area contributed by atoms with E-state index < -0.39 is 0 Å². The van der Waals surface area contributed by atoms with E-state index in [4.69, 9.17) is 0 Å². The van der Waals surface area contributed by atoms with Crippen molar-refractivity contribution in [2.45, 2.75) is 324 Å². The molecule has 2 atom stereocenters. The van der Waals surface area contributed by atoms with E-state index in [9.17, 15) is 0 Å². The Labute approximate surface area is 436 Å².